The maximum atomic E-state index is 5.36. The molecule has 9 aromatic carbocycles. The van der Waals surface area contributed by atoms with Crippen LogP contribution in [0.2, 0.25) is 0 Å². The van der Waals surface area contributed by atoms with Gasteiger partial charge in [0.25, 0.3) is 0 Å². The first-order valence-electron chi connectivity index (χ1n) is 20.5. The lowest BCUT2D eigenvalue weighted by Crippen LogP contribution is -2.01. The quantitative estimate of drug-likeness (QED) is 0.154. The van der Waals surface area contributed by atoms with Gasteiger partial charge in [0.05, 0.1) is 0 Å². The van der Waals surface area contributed by atoms with E-state index in [0.717, 1.165) is 61.2 Å². The zero-order chi connectivity index (χ0) is 40.5. The van der Waals surface area contributed by atoms with Crippen molar-refractivity contribution in [3.8, 4) is 89.8 Å². The average Bonchev–Trinajstić information content (AvgIpc) is 3.72. The van der Waals surface area contributed by atoms with Crippen molar-refractivity contribution in [2.75, 3.05) is 0 Å². The van der Waals surface area contributed by atoms with Gasteiger partial charge < -0.3 is 0 Å². The van der Waals surface area contributed by atoms with E-state index in [-0.39, 0.29) is 0 Å². The average molecular weight is 796 g/mol. The lowest BCUT2D eigenvalue weighted by Gasteiger charge is -2.14. The van der Waals surface area contributed by atoms with Crippen LogP contribution in [0.4, 0.5) is 0 Å². The molecule has 286 valence electrons. The molecule has 0 spiro atoms. The van der Waals surface area contributed by atoms with Crippen molar-refractivity contribution in [3.63, 3.8) is 0 Å². The number of aromatic nitrogens is 3. The van der Waals surface area contributed by atoms with Crippen molar-refractivity contribution in [1.29, 1.82) is 0 Å². The molecule has 11 aromatic rings. The largest absolute Gasteiger partial charge is 0.208 e. The maximum Gasteiger partial charge on any atom is 0.164 e. The van der Waals surface area contributed by atoms with Gasteiger partial charge in [-0.25, -0.2) is 15.0 Å². The summed E-state index contributed by atoms with van der Waals surface area (Å²) < 4.78 is 2.48. The zero-order valence-electron chi connectivity index (χ0n) is 33.1. The van der Waals surface area contributed by atoms with E-state index in [1.165, 1.54) is 31.3 Å². The Hall–Kier alpha value is -7.79. The number of nitrogens with zero attached hydrogens (tertiary/aromatic N) is 3. The normalized spacial score (nSPS) is 11.3. The van der Waals surface area contributed by atoms with Crippen LogP contribution in [0, 0.1) is 0 Å². The summed E-state index contributed by atoms with van der Waals surface area (Å²) in [7, 11) is 0. The highest BCUT2D eigenvalue weighted by molar-refractivity contribution is 7.25. The Balaban J connectivity index is 1.13. The van der Waals surface area contributed by atoms with Crippen LogP contribution in [0.25, 0.3) is 110 Å². The van der Waals surface area contributed by atoms with Gasteiger partial charge in [-0.1, -0.05) is 164 Å². The summed E-state index contributed by atoms with van der Waals surface area (Å²) in [6.07, 6.45) is 0. The molecule has 0 unspecified atom stereocenters. The first-order chi connectivity index (χ1) is 30.2. The highest BCUT2D eigenvalue weighted by Crippen LogP contribution is 2.40. The molecule has 2 aromatic heterocycles. The molecule has 0 N–H and O–H groups in total. The Morgan fingerprint density at radius 2 is 0.557 bits per heavy atom. The molecule has 0 bridgehead atoms. The van der Waals surface area contributed by atoms with Crippen LogP contribution in [0.15, 0.2) is 224 Å². The number of fused-ring (bicyclic) bond motifs is 3. The summed E-state index contributed by atoms with van der Waals surface area (Å²) >= 11 is 1.82. The van der Waals surface area contributed by atoms with Crippen LogP contribution in [0.3, 0.4) is 0 Å². The Kier molecular flexibility index (Phi) is 9.38. The first-order valence-corrected chi connectivity index (χ1v) is 21.3. The molecule has 0 fully saturated rings. The molecule has 0 saturated heterocycles. The zero-order valence-corrected chi connectivity index (χ0v) is 33.9. The van der Waals surface area contributed by atoms with Crippen LogP contribution < -0.4 is 0 Å². The Bertz CT molecular complexity index is 3070. The first kappa shape index (κ1) is 36.3. The van der Waals surface area contributed by atoms with E-state index < -0.39 is 0 Å². The summed E-state index contributed by atoms with van der Waals surface area (Å²) in [6, 6.07) is 79.5. The van der Waals surface area contributed by atoms with Crippen LogP contribution in [-0.4, -0.2) is 15.0 Å². The molecule has 0 aliphatic heterocycles. The monoisotopic (exact) mass is 795 g/mol. The fourth-order valence-corrected chi connectivity index (χ4v) is 9.32. The van der Waals surface area contributed by atoms with Crippen molar-refractivity contribution in [2.45, 2.75) is 0 Å². The standard InChI is InChI=1S/C57H37N3S/c1-6-16-38(17-7-1)43-26-28-51-52-36-44(27-29-53(52)61-54(51)37-43)55-58-56(49-32-45(39-18-8-2-9-19-39)30-46(33-49)40-20-10-3-11-21-40)60-57(59-55)50-34-47(41-22-12-4-13-23-41)31-48(35-50)42-24-14-5-15-25-42/h1-37H. The SMILES string of the molecule is c1ccc(-c2cc(-c3ccccc3)cc(-c3nc(-c4cc(-c5ccccc5)cc(-c5ccccc5)c4)nc(-c4ccc5sc6cc(-c7ccccc7)ccc6c5c4)n3)c2)cc1. The third-order valence-electron chi connectivity index (χ3n) is 11.3. The number of benzene rings is 9. The fraction of sp³-hybridized carbons (Fsp3) is 0. The molecule has 0 amide bonds. The summed E-state index contributed by atoms with van der Waals surface area (Å²) in [6.45, 7) is 0. The minimum Gasteiger partial charge on any atom is -0.208 e. The predicted octanol–water partition coefficient (Wildman–Crippen LogP) is 15.6. The molecule has 0 atom stereocenters. The second-order valence-electron chi connectivity index (χ2n) is 15.3. The molecule has 0 aliphatic carbocycles. The summed E-state index contributed by atoms with van der Waals surface area (Å²) in [5.74, 6) is 1.85. The Morgan fingerprint density at radius 1 is 0.213 bits per heavy atom. The van der Waals surface area contributed by atoms with Gasteiger partial charge in [0, 0.05) is 36.9 Å². The van der Waals surface area contributed by atoms with Gasteiger partial charge in [0.1, 0.15) is 0 Å². The van der Waals surface area contributed by atoms with Crippen molar-refractivity contribution in [3.05, 3.63) is 224 Å². The second kappa shape index (κ2) is 15.8. The number of thiophene rings is 1. The molecule has 11 rings (SSSR count). The molecule has 3 nitrogen and oxygen atoms in total. The van der Waals surface area contributed by atoms with Crippen molar-refractivity contribution in [2.24, 2.45) is 0 Å². The second-order valence-corrected chi connectivity index (χ2v) is 16.3. The van der Waals surface area contributed by atoms with Crippen LogP contribution >= 0.6 is 11.3 Å². The van der Waals surface area contributed by atoms with Gasteiger partial charge in [-0.15, -0.1) is 11.3 Å². The number of hydrogen-bond acceptors (Lipinski definition) is 4. The number of rotatable bonds is 8. The Morgan fingerprint density at radius 3 is 0.967 bits per heavy atom. The van der Waals surface area contributed by atoms with Gasteiger partial charge >= 0.3 is 0 Å². The van der Waals surface area contributed by atoms with Crippen LogP contribution in [0.5, 0.6) is 0 Å². The van der Waals surface area contributed by atoms with Crippen molar-refractivity contribution < 1.29 is 0 Å². The third-order valence-corrected chi connectivity index (χ3v) is 12.4. The molecule has 4 heteroatoms. The van der Waals surface area contributed by atoms with Crippen molar-refractivity contribution >= 4 is 31.5 Å². The lowest BCUT2D eigenvalue weighted by atomic mass is 9.95. The summed E-state index contributed by atoms with van der Waals surface area (Å²) in [5.41, 5.74) is 14.1. The van der Waals surface area contributed by atoms with E-state index in [0.29, 0.717) is 17.5 Å². The van der Waals surface area contributed by atoms with E-state index in [1.54, 1.807) is 0 Å². The van der Waals surface area contributed by atoms with Crippen LogP contribution in [0.1, 0.15) is 0 Å². The number of hydrogen-bond donors (Lipinski definition) is 0. The molecular formula is C57H37N3S. The minimum absolute atomic E-state index is 0.615. The van der Waals surface area contributed by atoms with E-state index in [2.05, 4.69) is 224 Å². The van der Waals surface area contributed by atoms with Gasteiger partial charge in [-0.05, 0) is 116 Å². The molecular weight excluding hydrogens is 759 g/mol. The van der Waals surface area contributed by atoms with Crippen molar-refractivity contribution in [1.82, 2.24) is 15.0 Å². The smallest absolute Gasteiger partial charge is 0.164 e. The maximum absolute atomic E-state index is 5.36. The molecule has 0 saturated carbocycles. The van der Waals surface area contributed by atoms with Gasteiger partial charge in [0.2, 0.25) is 0 Å². The lowest BCUT2D eigenvalue weighted by molar-refractivity contribution is 1.07. The van der Waals surface area contributed by atoms with E-state index in [4.69, 9.17) is 15.0 Å². The van der Waals surface area contributed by atoms with E-state index in [9.17, 15) is 0 Å². The van der Waals surface area contributed by atoms with E-state index in [1.807, 2.05) is 11.3 Å². The topological polar surface area (TPSA) is 38.7 Å². The Labute approximate surface area is 359 Å². The highest BCUT2D eigenvalue weighted by Gasteiger charge is 2.18. The fourth-order valence-electron chi connectivity index (χ4n) is 8.19. The minimum atomic E-state index is 0.615. The molecule has 0 radical (unpaired) electrons. The third kappa shape index (κ3) is 7.31. The molecule has 61 heavy (non-hydrogen) atoms. The summed E-state index contributed by atoms with van der Waals surface area (Å²) in [4.78, 5) is 16.0. The van der Waals surface area contributed by atoms with Gasteiger partial charge in [-0.2, -0.15) is 0 Å². The molecule has 0 aliphatic rings. The van der Waals surface area contributed by atoms with Gasteiger partial charge in [0.15, 0.2) is 17.5 Å². The van der Waals surface area contributed by atoms with Crippen LogP contribution in [-0.2, 0) is 0 Å². The summed E-state index contributed by atoms with van der Waals surface area (Å²) in [5, 5.41) is 2.41. The highest BCUT2D eigenvalue weighted by atomic mass is 32.1. The molecule has 2 heterocycles. The van der Waals surface area contributed by atoms with E-state index >= 15 is 0 Å². The van der Waals surface area contributed by atoms with Gasteiger partial charge in [-0.3, -0.25) is 0 Å². The predicted molar refractivity (Wildman–Crippen MR) is 256 cm³/mol.